The predicted octanol–water partition coefficient (Wildman–Crippen LogP) is 2.30. The first kappa shape index (κ1) is 32.6. The topological polar surface area (TPSA) is 162 Å². The van der Waals surface area contributed by atoms with E-state index in [2.05, 4.69) is 5.32 Å². The molecule has 0 spiro atoms. The number of nitrogens with one attached hydrogen (secondary N) is 1. The van der Waals surface area contributed by atoms with E-state index in [0.717, 1.165) is 11.1 Å². The monoisotopic (exact) mass is 618 g/mol. The first-order valence-electron chi connectivity index (χ1n) is 14.3. The van der Waals surface area contributed by atoms with Crippen LogP contribution in [0.15, 0.2) is 30.5 Å². The van der Waals surface area contributed by atoms with Crippen LogP contribution in [0.1, 0.15) is 44.0 Å². The van der Waals surface area contributed by atoms with E-state index in [1.807, 2.05) is 0 Å². The molecule has 2 aromatic rings. The van der Waals surface area contributed by atoms with Crippen molar-refractivity contribution < 1.29 is 42.0 Å². The highest BCUT2D eigenvalue weighted by atomic mass is 19.3. The lowest BCUT2D eigenvalue weighted by molar-refractivity contribution is -0.884. The number of nitriles is 1. The number of carbonyl (C=O) groups excluding carboxylic acids is 3. The van der Waals surface area contributed by atoms with E-state index in [1.165, 1.54) is 23.1 Å². The van der Waals surface area contributed by atoms with Gasteiger partial charge in [0.1, 0.15) is 17.4 Å². The van der Waals surface area contributed by atoms with Crippen molar-refractivity contribution in [2.75, 3.05) is 52.4 Å². The van der Waals surface area contributed by atoms with E-state index < -0.39 is 59.6 Å². The van der Waals surface area contributed by atoms with Gasteiger partial charge in [-0.1, -0.05) is 0 Å². The van der Waals surface area contributed by atoms with Crippen molar-refractivity contribution in [3.8, 4) is 11.8 Å². The van der Waals surface area contributed by atoms with Gasteiger partial charge in [0, 0.05) is 25.0 Å². The molecule has 1 aromatic carbocycles. The van der Waals surface area contributed by atoms with E-state index in [9.17, 15) is 33.6 Å². The van der Waals surface area contributed by atoms with E-state index in [4.69, 9.17) is 14.7 Å². The number of piperazine rings is 1. The van der Waals surface area contributed by atoms with Gasteiger partial charge in [0.15, 0.2) is 6.20 Å². The first-order chi connectivity index (χ1) is 20.6. The lowest BCUT2D eigenvalue weighted by Gasteiger charge is -2.48. The fraction of sp³-hybridized carbons (Fsp3) is 0.552. The minimum absolute atomic E-state index is 0.0564. The molecular formula is C29H36F2N6O7. The third-order valence-electron chi connectivity index (χ3n) is 7.44. The minimum Gasteiger partial charge on any atom is -0.633 e. The summed E-state index contributed by atoms with van der Waals surface area (Å²) in [7, 11) is 0. The van der Waals surface area contributed by atoms with Gasteiger partial charge < -0.3 is 34.8 Å². The van der Waals surface area contributed by atoms with Gasteiger partial charge in [-0.3, -0.25) is 14.5 Å². The molecule has 3 heterocycles. The van der Waals surface area contributed by atoms with E-state index >= 15 is 0 Å². The fourth-order valence-electron chi connectivity index (χ4n) is 5.18. The molecule has 238 valence electrons. The van der Waals surface area contributed by atoms with Crippen molar-refractivity contribution >= 4 is 28.8 Å². The van der Waals surface area contributed by atoms with Gasteiger partial charge in [-0.15, -0.1) is 0 Å². The number of fused-ring (bicyclic) bond motifs is 1. The maximum atomic E-state index is 13.7. The highest BCUT2D eigenvalue weighted by molar-refractivity contribution is 6.06. The van der Waals surface area contributed by atoms with E-state index in [0.29, 0.717) is 30.0 Å². The van der Waals surface area contributed by atoms with Crippen molar-refractivity contribution in [1.82, 2.24) is 15.1 Å². The SMILES string of the molecule is CC(C)(C)OC(=O)N1CC[N+]([O-])(CCCOc2ccc3c(c2)c(C(=O)NCC(=O)N2CC(F)(F)C[C@H]2C#N)cc[n+]3[O-])CC1. The number of aromatic nitrogens is 1. The van der Waals surface area contributed by atoms with Crippen LogP contribution in [0.25, 0.3) is 10.9 Å². The molecule has 2 aliphatic rings. The number of hydroxylamine groups is 3. The Morgan fingerprint density at radius 1 is 1.23 bits per heavy atom. The summed E-state index contributed by atoms with van der Waals surface area (Å²) in [6.07, 6.45) is 0.345. The first-order valence-corrected chi connectivity index (χ1v) is 14.3. The zero-order valence-electron chi connectivity index (χ0n) is 24.9. The Bertz CT molecular complexity index is 1450. The number of hydrogen-bond donors (Lipinski definition) is 1. The number of ether oxygens (including phenoxy) is 2. The molecule has 2 aliphatic heterocycles. The number of hydrogen-bond acceptors (Lipinski definition) is 8. The van der Waals surface area contributed by atoms with Crippen LogP contribution in [-0.2, 0) is 9.53 Å². The summed E-state index contributed by atoms with van der Waals surface area (Å²) in [5.41, 5.74) is -0.401. The van der Waals surface area contributed by atoms with Crippen molar-refractivity contribution in [2.24, 2.45) is 0 Å². The van der Waals surface area contributed by atoms with Crippen LogP contribution in [0.5, 0.6) is 5.75 Å². The van der Waals surface area contributed by atoms with Gasteiger partial charge in [-0.2, -0.15) is 9.99 Å². The Hall–Kier alpha value is -4.29. The molecule has 0 bridgehead atoms. The Kier molecular flexibility index (Phi) is 9.45. The van der Waals surface area contributed by atoms with Gasteiger partial charge in [0.05, 0.1) is 69.4 Å². The number of nitrogens with zero attached hydrogens (tertiary/aromatic N) is 5. The number of likely N-dealkylation sites (tertiary alicyclic amines) is 1. The molecule has 1 aromatic heterocycles. The molecule has 13 nitrogen and oxygen atoms in total. The Labute approximate surface area is 253 Å². The molecule has 0 radical (unpaired) electrons. The zero-order chi connectivity index (χ0) is 32.3. The molecule has 2 saturated heterocycles. The van der Waals surface area contributed by atoms with E-state index in [1.54, 1.807) is 32.9 Å². The summed E-state index contributed by atoms with van der Waals surface area (Å²) in [6, 6.07) is 6.19. The number of amides is 3. The minimum atomic E-state index is -3.18. The number of benzene rings is 1. The van der Waals surface area contributed by atoms with Crippen molar-refractivity contribution in [3.05, 3.63) is 46.4 Å². The maximum absolute atomic E-state index is 13.7. The Balaban J connectivity index is 1.32. The normalized spacial score (nSPS) is 19.3. The average Bonchev–Trinajstić information content (AvgIpc) is 3.28. The molecule has 0 unspecified atom stereocenters. The summed E-state index contributed by atoms with van der Waals surface area (Å²) in [5, 5.41) is 37.2. The largest absolute Gasteiger partial charge is 0.633 e. The maximum Gasteiger partial charge on any atom is 0.410 e. The lowest BCUT2D eigenvalue weighted by Crippen LogP contribution is -2.58. The molecule has 15 heteroatoms. The van der Waals surface area contributed by atoms with Crippen LogP contribution in [0.4, 0.5) is 13.6 Å². The van der Waals surface area contributed by atoms with Crippen LogP contribution >= 0.6 is 0 Å². The van der Waals surface area contributed by atoms with Crippen LogP contribution < -0.4 is 14.8 Å². The van der Waals surface area contributed by atoms with Gasteiger partial charge in [-0.05, 0) is 32.9 Å². The summed E-state index contributed by atoms with van der Waals surface area (Å²) in [4.78, 5) is 40.0. The highest BCUT2D eigenvalue weighted by Crippen LogP contribution is 2.31. The molecule has 3 amide bonds. The van der Waals surface area contributed by atoms with Gasteiger partial charge in [-0.25, -0.2) is 13.6 Å². The van der Waals surface area contributed by atoms with Crippen molar-refractivity contribution in [3.63, 3.8) is 0 Å². The van der Waals surface area contributed by atoms with Crippen LogP contribution in [0.2, 0.25) is 0 Å². The molecule has 1 atom stereocenters. The Morgan fingerprint density at radius 2 is 1.93 bits per heavy atom. The van der Waals surface area contributed by atoms with Crippen LogP contribution in [-0.4, -0.2) is 102 Å². The summed E-state index contributed by atoms with van der Waals surface area (Å²) in [5.74, 6) is -4.38. The predicted molar refractivity (Wildman–Crippen MR) is 152 cm³/mol. The molecule has 1 N–H and O–H groups in total. The van der Waals surface area contributed by atoms with E-state index in [-0.39, 0.29) is 42.7 Å². The molecule has 44 heavy (non-hydrogen) atoms. The smallest absolute Gasteiger partial charge is 0.410 e. The highest BCUT2D eigenvalue weighted by Gasteiger charge is 2.47. The summed E-state index contributed by atoms with van der Waals surface area (Å²) in [6.45, 7) is 5.34. The number of rotatable bonds is 8. The van der Waals surface area contributed by atoms with Crippen molar-refractivity contribution in [2.45, 2.75) is 51.2 Å². The third kappa shape index (κ3) is 8.00. The third-order valence-corrected chi connectivity index (χ3v) is 7.44. The number of alkyl halides is 2. The standard InChI is InChI=1S/C29H36F2N6O7/c1-28(2,3)44-27(40)34-9-12-37(42,13-10-34)11-4-14-43-21-5-6-24-23(15-21)22(7-8-36(24)41)26(39)33-18-25(38)35-19-29(30,31)16-20(35)17-32/h5-8,15,20H,4,9-14,16,18-19H2,1-3H3,(H,33,39)/t20-/m0/s1. The van der Waals surface area contributed by atoms with Gasteiger partial charge in [0.25, 0.3) is 11.8 Å². The fourth-order valence-corrected chi connectivity index (χ4v) is 5.18. The Morgan fingerprint density at radius 3 is 2.59 bits per heavy atom. The number of pyridine rings is 1. The second-order valence-corrected chi connectivity index (χ2v) is 12.0. The lowest BCUT2D eigenvalue weighted by atomic mass is 10.1. The summed E-state index contributed by atoms with van der Waals surface area (Å²) < 4.78 is 38.7. The average molecular weight is 619 g/mol. The number of quaternary nitrogens is 1. The molecule has 4 rings (SSSR count). The zero-order valence-corrected chi connectivity index (χ0v) is 24.9. The summed E-state index contributed by atoms with van der Waals surface area (Å²) >= 11 is 0. The number of halogens is 2. The quantitative estimate of drug-likeness (QED) is 0.204. The second-order valence-electron chi connectivity index (χ2n) is 12.0. The van der Waals surface area contributed by atoms with Gasteiger partial charge >= 0.3 is 6.09 Å². The van der Waals surface area contributed by atoms with Gasteiger partial charge in [0.2, 0.25) is 11.4 Å². The second kappa shape index (κ2) is 12.7. The molecular weight excluding hydrogens is 582 g/mol. The molecule has 2 fully saturated rings. The van der Waals surface area contributed by atoms with Crippen LogP contribution in [0.3, 0.4) is 0 Å². The molecule has 0 aliphatic carbocycles. The van der Waals surface area contributed by atoms with Crippen LogP contribution in [0, 0.1) is 21.7 Å². The molecule has 0 saturated carbocycles. The van der Waals surface area contributed by atoms with Crippen molar-refractivity contribution in [1.29, 1.82) is 5.26 Å². The number of carbonyl (C=O) groups is 3.